The number of aromatic nitrogens is 2. The Hall–Kier alpha value is -1.89. The highest BCUT2D eigenvalue weighted by atomic mass is 79.9. The maximum absolute atomic E-state index is 13.4. The van der Waals surface area contributed by atoms with Gasteiger partial charge in [0.25, 0.3) is 0 Å². The van der Waals surface area contributed by atoms with E-state index in [1.54, 1.807) is 12.1 Å². The molecule has 9 nitrogen and oxygen atoms in total. The number of morpholine rings is 1. The first kappa shape index (κ1) is 21.8. The number of ether oxygens (including phenoxy) is 1. The van der Waals surface area contributed by atoms with Gasteiger partial charge in [-0.1, -0.05) is 16.4 Å². The summed E-state index contributed by atoms with van der Waals surface area (Å²) in [5.74, 6) is -0.447. The molecule has 1 saturated heterocycles. The molecule has 0 unspecified atom stereocenters. The fourth-order valence-corrected chi connectivity index (χ4v) is 4.87. The van der Waals surface area contributed by atoms with Crippen LogP contribution in [-0.4, -0.2) is 66.0 Å². The number of nitrogens with zero attached hydrogens (tertiary/aromatic N) is 4. The summed E-state index contributed by atoms with van der Waals surface area (Å²) in [6.45, 7) is 1.50. The van der Waals surface area contributed by atoms with Crippen molar-refractivity contribution in [3.05, 3.63) is 45.4 Å². The van der Waals surface area contributed by atoms with Crippen LogP contribution in [0.4, 0.5) is 4.39 Å². The van der Waals surface area contributed by atoms with Crippen molar-refractivity contribution in [2.24, 2.45) is 5.16 Å². The molecule has 0 saturated carbocycles. The minimum absolute atomic E-state index is 0.0458. The van der Waals surface area contributed by atoms with Gasteiger partial charge in [-0.05, 0) is 51.6 Å². The van der Waals surface area contributed by atoms with E-state index in [9.17, 15) is 18.0 Å². The number of sulfonamides is 1. The zero-order valence-corrected chi connectivity index (χ0v) is 17.8. The minimum atomic E-state index is -3.38. The summed E-state index contributed by atoms with van der Waals surface area (Å²) in [6, 6.07) is 4.43. The van der Waals surface area contributed by atoms with E-state index in [4.69, 9.17) is 9.37 Å². The molecule has 158 valence electrons. The lowest BCUT2D eigenvalue weighted by Gasteiger charge is -2.25. The summed E-state index contributed by atoms with van der Waals surface area (Å²) < 4.78 is 49.9. The van der Waals surface area contributed by atoms with Gasteiger partial charge in [0.2, 0.25) is 10.0 Å². The van der Waals surface area contributed by atoms with Crippen molar-refractivity contribution in [3.63, 3.8) is 0 Å². The van der Waals surface area contributed by atoms with Gasteiger partial charge in [0, 0.05) is 19.5 Å². The minimum Gasteiger partial charge on any atom is -0.411 e. The monoisotopic (exact) mass is 490 g/mol. The normalized spacial score (nSPS) is 16.3. The largest absolute Gasteiger partial charge is 0.411 e. The molecule has 1 aromatic heterocycles. The molecule has 1 fully saturated rings. The van der Waals surface area contributed by atoms with Crippen LogP contribution in [0.5, 0.6) is 0 Å². The molecular formula is C17H20BrFN4O5S. The van der Waals surface area contributed by atoms with Crippen molar-refractivity contribution in [2.75, 3.05) is 32.1 Å². The maximum Gasteiger partial charge on any atom is 0.214 e. The molecule has 0 atom stereocenters. The van der Waals surface area contributed by atoms with Gasteiger partial charge in [-0.15, -0.1) is 0 Å². The number of hydrogen-bond acceptors (Lipinski definition) is 8. The van der Waals surface area contributed by atoms with Gasteiger partial charge < -0.3 is 9.94 Å². The molecule has 29 heavy (non-hydrogen) atoms. The molecule has 0 bridgehead atoms. The van der Waals surface area contributed by atoms with Crippen LogP contribution in [0.2, 0.25) is 0 Å². The third-order valence-electron chi connectivity index (χ3n) is 4.49. The van der Waals surface area contributed by atoms with E-state index in [1.807, 2.05) is 0 Å². The average molecular weight is 491 g/mol. The number of oxime groups is 1. The summed E-state index contributed by atoms with van der Waals surface area (Å²) in [4.78, 5) is 0. The molecule has 1 N–H and O–H groups in total. The molecular weight excluding hydrogens is 471 g/mol. The SMILES string of the molecule is O=S(=O)(CCCc1nonc1/C(Cc1ccc(F)c(Br)c1)=N/O)N1CCOCC1. The molecule has 0 aliphatic carbocycles. The topological polar surface area (TPSA) is 118 Å². The van der Waals surface area contributed by atoms with Crippen molar-refractivity contribution >= 4 is 31.7 Å². The van der Waals surface area contributed by atoms with Gasteiger partial charge >= 0.3 is 0 Å². The van der Waals surface area contributed by atoms with Crippen LogP contribution in [-0.2, 0) is 27.6 Å². The van der Waals surface area contributed by atoms with Gasteiger partial charge in [0.05, 0.1) is 23.4 Å². The van der Waals surface area contributed by atoms with Crippen LogP contribution in [0.15, 0.2) is 32.5 Å². The van der Waals surface area contributed by atoms with Crippen molar-refractivity contribution < 1.29 is 27.4 Å². The predicted octanol–water partition coefficient (Wildman–Crippen LogP) is 1.99. The molecule has 12 heteroatoms. The summed E-state index contributed by atoms with van der Waals surface area (Å²) in [5.41, 5.74) is 1.53. The van der Waals surface area contributed by atoms with E-state index in [2.05, 4.69) is 31.4 Å². The number of halogens is 2. The molecule has 1 aliphatic rings. The lowest BCUT2D eigenvalue weighted by molar-refractivity contribution is 0.0730. The molecule has 3 rings (SSSR count). The Morgan fingerprint density at radius 2 is 2.07 bits per heavy atom. The van der Waals surface area contributed by atoms with E-state index in [-0.39, 0.29) is 30.0 Å². The lowest BCUT2D eigenvalue weighted by Crippen LogP contribution is -2.41. The predicted molar refractivity (Wildman–Crippen MR) is 105 cm³/mol. The first-order chi connectivity index (χ1) is 13.9. The van der Waals surface area contributed by atoms with Gasteiger partial charge in [-0.25, -0.2) is 17.4 Å². The highest BCUT2D eigenvalue weighted by molar-refractivity contribution is 9.10. The Morgan fingerprint density at radius 1 is 1.31 bits per heavy atom. The van der Waals surface area contributed by atoms with Crippen LogP contribution in [0.25, 0.3) is 0 Å². The third kappa shape index (κ3) is 5.59. The zero-order chi connectivity index (χ0) is 20.9. The molecule has 0 spiro atoms. The fourth-order valence-electron chi connectivity index (χ4n) is 2.97. The number of hydrogen-bond donors (Lipinski definition) is 1. The highest BCUT2D eigenvalue weighted by Crippen LogP contribution is 2.19. The Kier molecular flexibility index (Phi) is 7.33. The van der Waals surface area contributed by atoms with Crippen molar-refractivity contribution in [3.8, 4) is 0 Å². The average Bonchev–Trinajstić information content (AvgIpc) is 3.17. The van der Waals surface area contributed by atoms with Crippen molar-refractivity contribution in [1.29, 1.82) is 0 Å². The summed E-state index contributed by atoms with van der Waals surface area (Å²) >= 11 is 3.11. The standard InChI is InChI=1S/C17H20BrFN4O5S/c18-13-10-12(3-4-14(13)19)11-16(20-24)17-15(21-28-22-17)2-1-9-29(25,26)23-5-7-27-8-6-23/h3-4,10,24H,1-2,5-9,11H2/b20-16+. The first-order valence-electron chi connectivity index (χ1n) is 8.93. The van der Waals surface area contributed by atoms with Crippen LogP contribution < -0.4 is 0 Å². The number of aryl methyl sites for hydroxylation is 1. The van der Waals surface area contributed by atoms with E-state index in [1.165, 1.54) is 10.4 Å². The van der Waals surface area contributed by atoms with E-state index >= 15 is 0 Å². The Balaban J connectivity index is 1.64. The third-order valence-corrected chi connectivity index (χ3v) is 7.05. The van der Waals surface area contributed by atoms with Gasteiger partial charge in [0.1, 0.15) is 17.2 Å². The Bertz CT molecular complexity index is 976. The molecule has 1 aliphatic heterocycles. The van der Waals surface area contributed by atoms with Gasteiger partial charge in [-0.2, -0.15) is 4.31 Å². The maximum atomic E-state index is 13.4. The Morgan fingerprint density at radius 3 is 2.76 bits per heavy atom. The summed E-state index contributed by atoms with van der Waals surface area (Å²) in [5, 5.41) is 20.3. The zero-order valence-electron chi connectivity index (χ0n) is 15.4. The second kappa shape index (κ2) is 9.74. The van der Waals surface area contributed by atoms with E-state index < -0.39 is 15.8 Å². The fraction of sp³-hybridized carbons (Fsp3) is 0.471. The number of benzene rings is 1. The second-order valence-electron chi connectivity index (χ2n) is 6.46. The van der Waals surface area contributed by atoms with Crippen LogP contribution in [0.3, 0.4) is 0 Å². The molecule has 2 heterocycles. The summed E-state index contributed by atoms with van der Waals surface area (Å²) in [7, 11) is -3.38. The second-order valence-corrected chi connectivity index (χ2v) is 9.41. The quantitative estimate of drug-likeness (QED) is 0.341. The van der Waals surface area contributed by atoms with Crippen LogP contribution >= 0.6 is 15.9 Å². The lowest BCUT2D eigenvalue weighted by atomic mass is 10.0. The van der Waals surface area contributed by atoms with E-state index in [0.717, 1.165) is 0 Å². The van der Waals surface area contributed by atoms with Crippen molar-refractivity contribution in [2.45, 2.75) is 19.3 Å². The van der Waals surface area contributed by atoms with Crippen molar-refractivity contribution in [1.82, 2.24) is 14.6 Å². The molecule has 0 radical (unpaired) electrons. The van der Waals surface area contributed by atoms with Gasteiger partial charge in [0.15, 0.2) is 5.69 Å². The highest BCUT2D eigenvalue weighted by Gasteiger charge is 2.25. The first-order valence-corrected chi connectivity index (χ1v) is 11.3. The van der Waals surface area contributed by atoms with Crippen LogP contribution in [0, 0.1) is 5.82 Å². The summed E-state index contributed by atoms with van der Waals surface area (Å²) in [6.07, 6.45) is 0.763. The Labute approximate surface area is 175 Å². The molecule has 1 aromatic carbocycles. The molecule has 0 amide bonds. The smallest absolute Gasteiger partial charge is 0.214 e. The molecule has 2 aromatic rings. The van der Waals surface area contributed by atoms with Crippen LogP contribution in [0.1, 0.15) is 23.4 Å². The number of rotatable bonds is 8. The van der Waals surface area contributed by atoms with Gasteiger partial charge in [-0.3, -0.25) is 0 Å². The van der Waals surface area contributed by atoms with E-state index in [0.29, 0.717) is 48.5 Å².